The Hall–Kier alpha value is -1.76. The predicted octanol–water partition coefficient (Wildman–Crippen LogP) is 5.56. The van der Waals surface area contributed by atoms with Gasteiger partial charge in [-0.1, -0.05) is 49.1 Å². The molecule has 1 unspecified atom stereocenters. The highest BCUT2D eigenvalue weighted by molar-refractivity contribution is 5.57. The molecule has 0 radical (unpaired) electrons. The van der Waals surface area contributed by atoms with Crippen molar-refractivity contribution in [2.75, 3.05) is 0 Å². The van der Waals surface area contributed by atoms with Crippen molar-refractivity contribution in [1.82, 2.24) is 0 Å². The molecule has 1 atom stereocenters. The lowest BCUT2D eigenvalue weighted by molar-refractivity contribution is 0.374. The molecule has 2 rings (SSSR count). The zero-order chi connectivity index (χ0) is 14.8. The lowest BCUT2D eigenvalue weighted by Gasteiger charge is -2.28. The van der Waals surface area contributed by atoms with Crippen molar-refractivity contribution >= 4 is 0 Å². The molecule has 2 aliphatic rings. The highest BCUT2D eigenvalue weighted by atomic mass is 16.3. The summed E-state index contributed by atoms with van der Waals surface area (Å²) in [5, 5.41) is 10.2. The Kier molecular flexibility index (Phi) is 4.17. The van der Waals surface area contributed by atoms with Gasteiger partial charge in [0.15, 0.2) is 0 Å². The van der Waals surface area contributed by atoms with Crippen LogP contribution in [0.15, 0.2) is 71.6 Å². The van der Waals surface area contributed by atoms with E-state index in [9.17, 15) is 5.11 Å². The van der Waals surface area contributed by atoms with E-state index < -0.39 is 0 Å². The minimum atomic E-state index is -0.0374. The summed E-state index contributed by atoms with van der Waals surface area (Å²) in [6.45, 7) is 11.8. The fourth-order valence-electron chi connectivity index (χ4n) is 3.75. The van der Waals surface area contributed by atoms with Crippen LogP contribution in [0.5, 0.6) is 0 Å². The van der Waals surface area contributed by atoms with Gasteiger partial charge in [-0.2, -0.15) is 0 Å². The Morgan fingerprint density at radius 3 is 2.55 bits per heavy atom. The minimum absolute atomic E-state index is 0.0374. The van der Waals surface area contributed by atoms with Crippen LogP contribution >= 0.6 is 0 Å². The monoisotopic (exact) mass is 268 g/mol. The topological polar surface area (TPSA) is 20.2 Å². The molecule has 0 amide bonds. The number of aliphatic hydroxyl groups is 1. The van der Waals surface area contributed by atoms with Crippen molar-refractivity contribution < 1.29 is 5.11 Å². The molecule has 1 spiro atoms. The van der Waals surface area contributed by atoms with Gasteiger partial charge < -0.3 is 5.11 Å². The molecule has 0 aromatic carbocycles. The minimum Gasteiger partial charge on any atom is -0.512 e. The van der Waals surface area contributed by atoms with Crippen LogP contribution in [0, 0.1) is 5.41 Å². The second kappa shape index (κ2) is 5.70. The molecule has 0 heterocycles. The standard InChI is InChI=1S/C19H24O/c1-5-7-9-17-14(3)10-12-19(17)13-11-16(8-6-2)18(19)15(4)20/h5-9,20H,2-3,10-13H2,1,4H3/b7-5-,16-8-,17-9+,18-15-. The molecule has 0 aliphatic heterocycles. The van der Waals surface area contributed by atoms with Crippen molar-refractivity contribution in [3.8, 4) is 0 Å². The first-order valence-electron chi connectivity index (χ1n) is 7.30. The highest BCUT2D eigenvalue weighted by Crippen LogP contribution is 2.60. The van der Waals surface area contributed by atoms with Crippen molar-refractivity contribution in [2.45, 2.75) is 39.5 Å². The SMILES string of the molecule is C=C/C=C1/CCC2(CCC(=C)/C2=C\C=C/C)/C1=C(/C)O. The van der Waals surface area contributed by atoms with Crippen LogP contribution in [-0.4, -0.2) is 5.11 Å². The molecular weight excluding hydrogens is 244 g/mol. The van der Waals surface area contributed by atoms with E-state index >= 15 is 0 Å². The number of aliphatic hydroxyl groups excluding tert-OH is 1. The third kappa shape index (κ3) is 2.22. The first-order valence-corrected chi connectivity index (χ1v) is 7.30. The van der Waals surface area contributed by atoms with Crippen LogP contribution in [0.1, 0.15) is 39.5 Å². The van der Waals surface area contributed by atoms with Crippen molar-refractivity contribution in [2.24, 2.45) is 5.41 Å². The van der Waals surface area contributed by atoms with Gasteiger partial charge in [-0.25, -0.2) is 0 Å². The fraction of sp³-hybridized carbons (Fsp3) is 0.368. The summed E-state index contributed by atoms with van der Waals surface area (Å²) in [5.74, 6) is 0.441. The number of rotatable bonds is 2. The van der Waals surface area contributed by atoms with Crippen molar-refractivity contribution in [1.29, 1.82) is 0 Å². The van der Waals surface area contributed by atoms with Gasteiger partial charge in [-0.3, -0.25) is 0 Å². The molecule has 0 saturated heterocycles. The van der Waals surface area contributed by atoms with E-state index in [2.05, 4.69) is 25.3 Å². The van der Waals surface area contributed by atoms with Gasteiger partial charge in [0, 0.05) is 11.0 Å². The van der Waals surface area contributed by atoms with E-state index in [4.69, 9.17) is 0 Å². The molecule has 1 N–H and O–H groups in total. The summed E-state index contributed by atoms with van der Waals surface area (Å²) in [4.78, 5) is 0. The van der Waals surface area contributed by atoms with Crippen LogP contribution in [-0.2, 0) is 0 Å². The maximum absolute atomic E-state index is 10.2. The molecule has 1 heteroatoms. The maximum Gasteiger partial charge on any atom is 0.0935 e. The fourth-order valence-corrected chi connectivity index (χ4v) is 3.75. The van der Waals surface area contributed by atoms with Gasteiger partial charge in [-0.05, 0) is 50.7 Å². The van der Waals surface area contributed by atoms with E-state index in [1.807, 2.05) is 25.2 Å². The molecule has 0 aromatic rings. The Bertz CT molecular complexity index is 550. The zero-order valence-corrected chi connectivity index (χ0v) is 12.6. The second-order valence-corrected chi connectivity index (χ2v) is 5.68. The molecule has 1 nitrogen and oxygen atoms in total. The lowest BCUT2D eigenvalue weighted by Crippen LogP contribution is -2.18. The number of hydrogen-bond acceptors (Lipinski definition) is 1. The van der Waals surface area contributed by atoms with Crippen molar-refractivity contribution in [3.05, 3.63) is 71.6 Å². The molecule has 0 aromatic heterocycles. The smallest absolute Gasteiger partial charge is 0.0935 e. The van der Waals surface area contributed by atoms with Crippen LogP contribution in [0.2, 0.25) is 0 Å². The van der Waals surface area contributed by atoms with Crippen LogP contribution in [0.25, 0.3) is 0 Å². The van der Waals surface area contributed by atoms with Gasteiger partial charge in [0.25, 0.3) is 0 Å². The Morgan fingerprint density at radius 1 is 1.25 bits per heavy atom. The summed E-state index contributed by atoms with van der Waals surface area (Å²) in [7, 11) is 0. The Balaban J connectivity index is 2.59. The summed E-state index contributed by atoms with van der Waals surface area (Å²) in [6.07, 6.45) is 14.3. The number of allylic oxidation sites excluding steroid dienone is 10. The summed E-state index contributed by atoms with van der Waals surface area (Å²) >= 11 is 0. The maximum atomic E-state index is 10.2. The van der Waals surface area contributed by atoms with E-state index in [1.165, 1.54) is 16.7 Å². The Morgan fingerprint density at radius 2 is 1.95 bits per heavy atom. The van der Waals surface area contributed by atoms with Gasteiger partial charge in [0.05, 0.1) is 5.76 Å². The van der Waals surface area contributed by atoms with E-state index in [0.29, 0.717) is 5.76 Å². The summed E-state index contributed by atoms with van der Waals surface area (Å²) < 4.78 is 0. The van der Waals surface area contributed by atoms with Gasteiger partial charge >= 0.3 is 0 Å². The zero-order valence-electron chi connectivity index (χ0n) is 12.6. The third-order valence-electron chi connectivity index (χ3n) is 4.51. The summed E-state index contributed by atoms with van der Waals surface area (Å²) in [5.41, 5.74) is 4.80. The molecular formula is C19H24O. The molecule has 2 saturated carbocycles. The molecule has 20 heavy (non-hydrogen) atoms. The quantitative estimate of drug-likeness (QED) is 0.650. The van der Waals surface area contributed by atoms with Crippen LogP contribution in [0.4, 0.5) is 0 Å². The van der Waals surface area contributed by atoms with Gasteiger partial charge in [-0.15, -0.1) is 0 Å². The van der Waals surface area contributed by atoms with E-state index in [1.54, 1.807) is 6.92 Å². The summed E-state index contributed by atoms with van der Waals surface area (Å²) in [6, 6.07) is 0. The molecule has 0 bridgehead atoms. The molecule has 2 fully saturated rings. The normalized spacial score (nSPS) is 33.0. The Labute approximate surface area is 122 Å². The average Bonchev–Trinajstić information content (AvgIpc) is 2.91. The first-order chi connectivity index (χ1) is 9.56. The van der Waals surface area contributed by atoms with Crippen LogP contribution < -0.4 is 0 Å². The van der Waals surface area contributed by atoms with Gasteiger partial charge in [0.2, 0.25) is 0 Å². The van der Waals surface area contributed by atoms with Crippen molar-refractivity contribution in [3.63, 3.8) is 0 Å². The van der Waals surface area contributed by atoms with Gasteiger partial charge in [0.1, 0.15) is 0 Å². The number of hydrogen-bond donors (Lipinski definition) is 1. The first kappa shape index (κ1) is 14.6. The molecule has 2 aliphatic carbocycles. The van der Waals surface area contributed by atoms with Crippen LogP contribution in [0.3, 0.4) is 0 Å². The third-order valence-corrected chi connectivity index (χ3v) is 4.51. The average molecular weight is 268 g/mol. The lowest BCUT2D eigenvalue weighted by atomic mass is 9.75. The van der Waals surface area contributed by atoms with E-state index in [-0.39, 0.29) is 5.41 Å². The second-order valence-electron chi connectivity index (χ2n) is 5.68. The van der Waals surface area contributed by atoms with E-state index in [0.717, 1.165) is 31.3 Å². The molecule has 106 valence electrons. The highest BCUT2D eigenvalue weighted by Gasteiger charge is 2.48. The largest absolute Gasteiger partial charge is 0.512 e. The predicted molar refractivity (Wildman–Crippen MR) is 86.5 cm³/mol.